The van der Waals surface area contributed by atoms with E-state index < -0.39 is 10.0 Å². The summed E-state index contributed by atoms with van der Waals surface area (Å²) in [5.74, 6) is 0.351. The quantitative estimate of drug-likeness (QED) is 0.868. The fourth-order valence-electron chi connectivity index (χ4n) is 1.88. The zero-order valence-electron chi connectivity index (χ0n) is 11.8. The van der Waals surface area contributed by atoms with E-state index in [-0.39, 0.29) is 14.7 Å². The highest BCUT2D eigenvalue weighted by molar-refractivity contribution is 7.91. The molecule has 0 fully saturated rings. The first-order valence-electron chi connectivity index (χ1n) is 5.94. The fraction of sp³-hybridized carbons (Fsp3) is 0.727. The average Bonchev–Trinajstić information content (AvgIpc) is 2.57. The topological polar surface area (TPSA) is 62.3 Å². The summed E-state index contributed by atoms with van der Waals surface area (Å²) < 4.78 is 27.5. The Morgan fingerprint density at radius 3 is 2.37 bits per heavy atom. The van der Waals surface area contributed by atoms with E-state index in [0.29, 0.717) is 18.2 Å². The van der Waals surface area contributed by atoms with Crippen LogP contribution in [0.3, 0.4) is 0 Å². The van der Waals surface area contributed by atoms with Gasteiger partial charge in [-0.2, -0.15) is 0 Å². The van der Waals surface area contributed by atoms with E-state index in [1.54, 1.807) is 6.92 Å². The second kappa shape index (κ2) is 6.49. The molecule has 0 aromatic carbocycles. The lowest BCUT2D eigenvalue weighted by atomic mass is 10.0. The van der Waals surface area contributed by atoms with Gasteiger partial charge in [-0.05, 0) is 26.9 Å². The largest absolute Gasteiger partial charge is 0.305 e. The van der Waals surface area contributed by atoms with Gasteiger partial charge in [0.1, 0.15) is 0 Å². The van der Waals surface area contributed by atoms with Gasteiger partial charge in [-0.25, -0.2) is 18.1 Å². The maximum absolute atomic E-state index is 12.2. The highest BCUT2D eigenvalue weighted by Crippen LogP contribution is 2.26. The van der Waals surface area contributed by atoms with Gasteiger partial charge in [-0.15, -0.1) is 0 Å². The Bertz CT molecular complexity index is 518. The highest BCUT2D eigenvalue weighted by Gasteiger charge is 2.24. The summed E-state index contributed by atoms with van der Waals surface area (Å²) in [5.41, 5.74) is 0.438. The molecule has 110 valence electrons. The summed E-state index contributed by atoms with van der Waals surface area (Å²) >= 11 is 6.72. The number of halogens is 1. The predicted octanol–water partition coefficient (Wildman–Crippen LogP) is 1.97. The fourth-order valence-corrected chi connectivity index (χ4v) is 4.71. The molecule has 1 heterocycles. The maximum atomic E-state index is 12.2. The van der Waals surface area contributed by atoms with E-state index in [4.69, 9.17) is 11.6 Å². The first-order valence-corrected chi connectivity index (χ1v) is 8.62. The van der Waals surface area contributed by atoms with Crippen LogP contribution in [0.1, 0.15) is 19.5 Å². The highest BCUT2D eigenvalue weighted by atomic mass is 35.5. The lowest BCUT2D eigenvalue weighted by Crippen LogP contribution is -2.43. The molecular weight excluding hydrogens is 306 g/mol. The summed E-state index contributed by atoms with van der Waals surface area (Å²) in [5, 5.41) is 0. The van der Waals surface area contributed by atoms with Gasteiger partial charge < -0.3 is 4.90 Å². The molecule has 1 rings (SSSR count). The molecule has 1 N–H and O–H groups in total. The molecule has 0 aliphatic heterocycles. The van der Waals surface area contributed by atoms with Crippen molar-refractivity contribution in [3.05, 3.63) is 10.2 Å². The van der Waals surface area contributed by atoms with E-state index in [1.165, 1.54) is 0 Å². The summed E-state index contributed by atoms with van der Waals surface area (Å²) in [4.78, 5) is 5.94. The van der Waals surface area contributed by atoms with Crippen molar-refractivity contribution in [2.75, 3.05) is 20.6 Å². The van der Waals surface area contributed by atoms with Crippen LogP contribution in [0, 0.1) is 12.8 Å². The second-order valence-corrected chi connectivity index (χ2v) is 8.51. The van der Waals surface area contributed by atoms with Crippen LogP contribution in [0.25, 0.3) is 0 Å². The lowest BCUT2D eigenvalue weighted by Gasteiger charge is -2.27. The number of nitrogens with zero attached hydrogens (tertiary/aromatic N) is 2. The molecule has 0 amide bonds. The maximum Gasteiger partial charge on any atom is 0.252 e. The zero-order chi connectivity index (χ0) is 14.8. The van der Waals surface area contributed by atoms with Crippen molar-refractivity contribution >= 4 is 33.0 Å². The van der Waals surface area contributed by atoms with E-state index in [0.717, 1.165) is 11.3 Å². The first-order chi connectivity index (χ1) is 8.65. The first kappa shape index (κ1) is 16.8. The van der Waals surface area contributed by atoms with Crippen LogP contribution in [0.4, 0.5) is 0 Å². The molecule has 0 saturated carbocycles. The SMILES string of the molecule is Cc1nc(Cl)sc1S(=O)(=O)NCC(C(C)C)N(C)C. The molecule has 0 spiro atoms. The monoisotopic (exact) mass is 325 g/mol. The van der Waals surface area contributed by atoms with Crippen molar-refractivity contribution in [2.24, 2.45) is 5.92 Å². The molecule has 0 aliphatic rings. The van der Waals surface area contributed by atoms with E-state index in [9.17, 15) is 8.42 Å². The Hall–Kier alpha value is -0.210. The number of sulfonamides is 1. The average molecular weight is 326 g/mol. The van der Waals surface area contributed by atoms with Crippen molar-refractivity contribution < 1.29 is 8.42 Å². The van der Waals surface area contributed by atoms with Crippen LogP contribution >= 0.6 is 22.9 Å². The summed E-state index contributed by atoms with van der Waals surface area (Å²) in [6.07, 6.45) is 0. The van der Waals surface area contributed by atoms with Gasteiger partial charge in [0, 0.05) is 12.6 Å². The van der Waals surface area contributed by atoms with Gasteiger partial charge in [-0.1, -0.05) is 36.8 Å². The van der Waals surface area contributed by atoms with E-state index in [1.807, 2.05) is 19.0 Å². The van der Waals surface area contributed by atoms with Crippen molar-refractivity contribution in [1.82, 2.24) is 14.6 Å². The number of nitrogens with one attached hydrogen (secondary N) is 1. The summed E-state index contributed by atoms with van der Waals surface area (Å²) in [6.45, 7) is 6.13. The summed E-state index contributed by atoms with van der Waals surface area (Å²) in [6, 6.07) is 0.137. The Morgan fingerprint density at radius 1 is 1.42 bits per heavy atom. The number of thiazole rings is 1. The Labute approximate surface area is 124 Å². The Kier molecular flexibility index (Phi) is 5.76. The van der Waals surface area contributed by atoms with Crippen molar-refractivity contribution in [3.8, 4) is 0 Å². The van der Waals surface area contributed by atoms with Gasteiger partial charge in [0.25, 0.3) is 10.0 Å². The molecule has 0 radical (unpaired) electrons. The molecule has 1 atom stereocenters. The molecule has 19 heavy (non-hydrogen) atoms. The van der Waals surface area contributed by atoms with Crippen molar-refractivity contribution in [1.29, 1.82) is 0 Å². The van der Waals surface area contributed by atoms with Crippen LogP contribution in [0.2, 0.25) is 4.47 Å². The molecule has 0 saturated heterocycles. The van der Waals surface area contributed by atoms with E-state index in [2.05, 4.69) is 23.6 Å². The molecule has 5 nitrogen and oxygen atoms in total. The Balaban J connectivity index is 2.84. The van der Waals surface area contributed by atoms with Crippen LogP contribution in [0.5, 0.6) is 0 Å². The zero-order valence-corrected chi connectivity index (χ0v) is 14.2. The number of aromatic nitrogens is 1. The third-order valence-corrected chi connectivity index (χ3v) is 6.18. The minimum absolute atomic E-state index is 0.137. The van der Waals surface area contributed by atoms with Crippen LogP contribution < -0.4 is 4.72 Å². The normalized spacial score (nSPS) is 14.3. The number of aryl methyl sites for hydroxylation is 1. The van der Waals surface area contributed by atoms with Gasteiger partial charge in [0.05, 0.1) is 5.69 Å². The van der Waals surface area contributed by atoms with Crippen LogP contribution in [0.15, 0.2) is 4.21 Å². The molecule has 1 unspecified atom stereocenters. The molecular formula is C11H20ClN3O2S2. The standard InChI is InChI=1S/C11H20ClN3O2S2/c1-7(2)9(15(4)5)6-13-19(16,17)10-8(3)14-11(12)18-10/h7,9,13H,6H2,1-5H3. The third kappa shape index (κ3) is 4.39. The van der Waals surface area contributed by atoms with Crippen molar-refractivity contribution in [2.45, 2.75) is 31.0 Å². The predicted molar refractivity (Wildman–Crippen MR) is 79.4 cm³/mol. The Morgan fingerprint density at radius 2 is 2.00 bits per heavy atom. The number of likely N-dealkylation sites (N-methyl/N-ethyl adjacent to an activating group) is 1. The number of rotatable bonds is 6. The third-order valence-electron chi connectivity index (χ3n) is 2.89. The smallest absolute Gasteiger partial charge is 0.252 e. The lowest BCUT2D eigenvalue weighted by molar-refractivity contribution is 0.233. The van der Waals surface area contributed by atoms with Crippen LogP contribution in [-0.4, -0.2) is 45.0 Å². The molecule has 8 heteroatoms. The molecule has 1 aromatic rings. The van der Waals surface area contributed by atoms with Gasteiger partial charge in [0.2, 0.25) is 0 Å². The second-order valence-electron chi connectivity index (χ2n) is 4.97. The summed E-state index contributed by atoms with van der Waals surface area (Å²) in [7, 11) is 0.339. The minimum atomic E-state index is -3.54. The number of hydrogen-bond donors (Lipinski definition) is 1. The molecule has 0 bridgehead atoms. The van der Waals surface area contributed by atoms with E-state index >= 15 is 0 Å². The number of hydrogen-bond acceptors (Lipinski definition) is 5. The van der Waals surface area contributed by atoms with Gasteiger partial charge in [0.15, 0.2) is 8.68 Å². The minimum Gasteiger partial charge on any atom is -0.305 e. The van der Waals surface area contributed by atoms with Gasteiger partial charge >= 0.3 is 0 Å². The van der Waals surface area contributed by atoms with Crippen LogP contribution in [-0.2, 0) is 10.0 Å². The molecule has 0 aliphatic carbocycles. The van der Waals surface area contributed by atoms with Crippen molar-refractivity contribution in [3.63, 3.8) is 0 Å². The van der Waals surface area contributed by atoms with Gasteiger partial charge in [-0.3, -0.25) is 0 Å². The molecule has 1 aromatic heterocycles.